The predicted molar refractivity (Wildman–Crippen MR) is 118 cm³/mol. The lowest BCUT2D eigenvalue weighted by atomic mass is 10.1. The normalized spacial score (nSPS) is 14.9. The molecule has 0 saturated carbocycles. The molecule has 0 unspecified atom stereocenters. The first-order chi connectivity index (χ1) is 14.4. The van der Waals surface area contributed by atoms with E-state index < -0.39 is 4.92 Å². The Morgan fingerprint density at radius 3 is 2.00 bits per heavy atom. The number of carbonyl (C=O) groups excluding carboxylic acids is 1. The summed E-state index contributed by atoms with van der Waals surface area (Å²) in [5, 5.41) is 12.0. The predicted octanol–water partition coefficient (Wildman–Crippen LogP) is 5.74. The highest BCUT2D eigenvalue weighted by atomic mass is 35.5. The molecule has 1 heterocycles. The van der Waals surface area contributed by atoms with Crippen molar-refractivity contribution in [2.24, 2.45) is 4.99 Å². The second kappa shape index (κ2) is 8.10. The summed E-state index contributed by atoms with van der Waals surface area (Å²) in [7, 11) is 0. The summed E-state index contributed by atoms with van der Waals surface area (Å²) in [6, 6.07) is 19.8. The Kier molecular flexibility index (Phi) is 5.35. The van der Waals surface area contributed by atoms with Gasteiger partial charge in [0.25, 0.3) is 11.6 Å². The summed E-state index contributed by atoms with van der Waals surface area (Å²) in [6.07, 6.45) is 1.60. The number of nitrogens with zero attached hydrogens (tertiary/aromatic N) is 3. The van der Waals surface area contributed by atoms with Gasteiger partial charge in [-0.05, 0) is 72.3 Å². The molecule has 0 spiro atoms. The standard InChI is InChI=1S/C22H13Cl2N3O3/c23-16-5-3-15(4-6-16)21-25-20(13-14-1-9-19(10-2-14)27(29)30)22(28)26(21)18-11-7-17(24)8-12-18/h1-13H/b20-13+. The van der Waals surface area contributed by atoms with E-state index in [1.165, 1.54) is 17.0 Å². The van der Waals surface area contributed by atoms with Crippen molar-refractivity contribution in [1.29, 1.82) is 0 Å². The van der Waals surface area contributed by atoms with Crippen molar-refractivity contribution in [2.75, 3.05) is 4.90 Å². The number of hydrogen-bond acceptors (Lipinski definition) is 4. The van der Waals surface area contributed by atoms with Crippen LogP contribution in [-0.4, -0.2) is 16.7 Å². The summed E-state index contributed by atoms with van der Waals surface area (Å²) in [4.78, 5) is 29.6. The maximum absolute atomic E-state index is 13.2. The molecule has 8 heteroatoms. The zero-order valence-corrected chi connectivity index (χ0v) is 16.8. The quantitative estimate of drug-likeness (QED) is 0.296. The lowest BCUT2D eigenvalue weighted by molar-refractivity contribution is -0.384. The van der Waals surface area contributed by atoms with Gasteiger partial charge in [-0.1, -0.05) is 23.2 Å². The molecule has 0 aliphatic carbocycles. The highest BCUT2D eigenvalue weighted by Crippen LogP contribution is 2.29. The molecule has 0 fully saturated rings. The molecule has 0 radical (unpaired) electrons. The molecule has 3 aromatic carbocycles. The van der Waals surface area contributed by atoms with Crippen LogP contribution in [0.4, 0.5) is 11.4 Å². The molecule has 3 aromatic rings. The second-order valence-electron chi connectivity index (χ2n) is 6.44. The molecular weight excluding hydrogens is 425 g/mol. The van der Waals surface area contributed by atoms with Gasteiger partial charge in [0.1, 0.15) is 11.5 Å². The molecule has 0 bridgehead atoms. The Hall–Kier alpha value is -3.48. The first kappa shape index (κ1) is 19.8. The Bertz CT molecular complexity index is 1190. The van der Waals surface area contributed by atoms with Crippen molar-refractivity contribution in [1.82, 2.24) is 0 Å². The highest BCUT2D eigenvalue weighted by Gasteiger charge is 2.32. The molecular formula is C22H13Cl2N3O3. The molecule has 1 aliphatic rings. The van der Waals surface area contributed by atoms with E-state index in [2.05, 4.69) is 4.99 Å². The Morgan fingerprint density at radius 2 is 1.43 bits per heavy atom. The average molecular weight is 438 g/mol. The van der Waals surface area contributed by atoms with Crippen molar-refractivity contribution in [3.05, 3.63) is 110 Å². The molecule has 30 heavy (non-hydrogen) atoms. The molecule has 0 atom stereocenters. The van der Waals surface area contributed by atoms with Gasteiger partial charge < -0.3 is 0 Å². The van der Waals surface area contributed by atoms with Gasteiger partial charge in [0.2, 0.25) is 0 Å². The van der Waals surface area contributed by atoms with E-state index in [4.69, 9.17) is 23.2 Å². The highest BCUT2D eigenvalue weighted by molar-refractivity contribution is 6.34. The van der Waals surface area contributed by atoms with Gasteiger partial charge in [-0.3, -0.25) is 19.8 Å². The number of hydrogen-bond donors (Lipinski definition) is 0. The lowest BCUT2D eigenvalue weighted by Gasteiger charge is -2.18. The average Bonchev–Trinajstić information content (AvgIpc) is 3.06. The second-order valence-corrected chi connectivity index (χ2v) is 7.31. The molecule has 1 amide bonds. The summed E-state index contributed by atoms with van der Waals surface area (Å²) in [6.45, 7) is 0. The number of nitro benzene ring substituents is 1. The first-order valence-electron chi connectivity index (χ1n) is 8.83. The number of benzene rings is 3. The van der Waals surface area contributed by atoms with Crippen LogP contribution in [0.1, 0.15) is 11.1 Å². The minimum Gasteiger partial charge on any atom is -0.266 e. The fourth-order valence-electron chi connectivity index (χ4n) is 2.99. The maximum atomic E-state index is 13.2. The lowest BCUT2D eigenvalue weighted by Crippen LogP contribution is -2.32. The largest absolute Gasteiger partial charge is 0.282 e. The van der Waals surface area contributed by atoms with E-state index >= 15 is 0 Å². The molecule has 6 nitrogen and oxygen atoms in total. The number of nitro groups is 1. The fraction of sp³-hybridized carbons (Fsp3) is 0. The number of amidine groups is 1. The summed E-state index contributed by atoms with van der Waals surface area (Å²) < 4.78 is 0. The van der Waals surface area contributed by atoms with Gasteiger partial charge in [-0.15, -0.1) is 0 Å². The van der Waals surface area contributed by atoms with Crippen LogP contribution in [0, 0.1) is 10.1 Å². The Morgan fingerprint density at radius 1 is 0.867 bits per heavy atom. The zero-order valence-electron chi connectivity index (χ0n) is 15.3. The fourth-order valence-corrected chi connectivity index (χ4v) is 3.24. The minimum atomic E-state index is -0.475. The molecule has 4 rings (SSSR count). The van der Waals surface area contributed by atoms with Crippen LogP contribution < -0.4 is 4.90 Å². The number of non-ortho nitro benzene ring substituents is 1. The SMILES string of the molecule is O=C1/C(=C\c2ccc([N+](=O)[O-])cc2)N=C(c2ccc(Cl)cc2)N1c1ccc(Cl)cc1. The van der Waals surface area contributed by atoms with Crippen LogP contribution in [0.25, 0.3) is 6.08 Å². The van der Waals surface area contributed by atoms with Crippen molar-refractivity contribution in [3.8, 4) is 0 Å². The van der Waals surface area contributed by atoms with Gasteiger partial charge in [0.15, 0.2) is 0 Å². The van der Waals surface area contributed by atoms with Gasteiger partial charge >= 0.3 is 0 Å². The topological polar surface area (TPSA) is 75.8 Å². The zero-order chi connectivity index (χ0) is 21.3. The number of carbonyl (C=O) groups is 1. The summed E-state index contributed by atoms with van der Waals surface area (Å²) in [5.41, 5.74) is 2.15. The minimum absolute atomic E-state index is 0.0250. The van der Waals surface area contributed by atoms with Crippen LogP contribution in [-0.2, 0) is 4.79 Å². The monoisotopic (exact) mass is 437 g/mol. The number of rotatable bonds is 4. The number of halogens is 2. The van der Waals surface area contributed by atoms with Crippen LogP contribution in [0.3, 0.4) is 0 Å². The molecule has 148 valence electrons. The van der Waals surface area contributed by atoms with E-state index in [0.29, 0.717) is 27.1 Å². The van der Waals surface area contributed by atoms with E-state index in [-0.39, 0.29) is 17.3 Å². The van der Waals surface area contributed by atoms with Gasteiger partial charge in [0, 0.05) is 27.7 Å². The van der Waals surface area contributed by atoms with Crippen LogP contribution >= 0.6 is 23.2 Å². The van der Waals surface area contributed by atoms with E-state index in [1.807, 2.05) is 0 Å². The Balaban J connectivity index is 1.78. The molecule has 0 aromatic heterocycles. The van der Waals surface area contributed by atoms with Crippen molar-refractivity contribution >= 4 is 52.4 Å². The van der Waals surface area contributed by atoms with Crippen LogP contribution in [0.2, 0.25) is 10.0 Å². The number of amides is 1. The summed E-state index contributed by atoms with van der Waals surface area (Å²) >= 11 is 12.0. The first-order valence-corrected chi connectivity index (χ1v) is 9.59. The molecule has 0 N–H and O–H groups in total. The third-order valence-corrected chi connectivity index (χ3v) is 4.96. The van der Waals surface area contributed by atoms with E-state index in [0.717, 1.165) is 5.56 Å². The number of anilines is 1. The maximum Gasteiger partial charge on any atom is 0.282 e. The van der Waals surface area contributed by atoms with Crippen molar-refractivity contribution in [2.45, 2.75) is 0 Å². The van der Waals surface area contributed by atoms with Gasteiger partial charge in [0.05, 0.1) is 10.6 Å². The van der Waals surface area contributed by atoms with Crippen molar-refractivity contribution < 1.29 is 9.72 Å². The number of aliphatic imine (C=N–C) groups is 1. The Labute approximate surface area is 181 Å². The molecule has 0 saturated heterocycles. The smallest absolute Gasteiger partial charge is 0.266 e. The van der Waals surface area contributed by atoms with E-state index in [1.54, 1.807) is 66.7 Å². The van der Waals surface area contributed by atoms with E-state index in [9.17, 15) is 14.9 Å². The summed E-state index contributed by atoms with van der Waals surface area (Å²) in [5.74, 6) is 0.132. The third kappa shape index (κ3) is 3.96. The van der Waals surface area contributed by atoms with Crippen molar-refractivity contribution in [3.63, 3.8) is 0 Å². The van der Waals surface area contributed by atoms with Gasteiger partial charge in [-0.25, -0.2) is 4.99 Å². The third-order valence-electron chi connectivity index (χ3n) is 4.45. The van der Waals surface area contributed by atoms with Crippen LogP contribution in [0.5, 0.6) is 0 Å². The van der Waals surface area contributed by atoms with Gasteiger partial charge in [-0.2, -0.15) is 0 Å². The van der Waals surface area contributed by atoms with Crippen LogP contribution in [0.15, 0.2) is 83.5 Å². The molecule has 1 aliphatic heterocycles.